The van der Waals surface area contributed by atoms with E-state index < -0.39 is 11.0 Å². The van der Waals surface area contributed by atoms with Gasteiger partial charge in [0.25, 0.3) is 5.91 Å². The van der Waals surface area contributed by atoms with Crippen LogP contribution in [0, 0.1) is 0 Å². The first kappa shape index (κ1) is 24.5. The summed E-state index contributed by atoms with van der Waals surface area (Å²) in [7, 11) is 3.59. The molecule has 3 aromatic rings. The zero-order chi connectivity index (χ0) is 25.3. The molecule has 0 unspecified atom stereocenters. The van der Waals surface area contributed by atoms with Crippen molar-refractivity contribution >= 4 is 16.7 Å². The first-order valence-electron chi connectivity index (χ1n) is 12.9. The van der Waals surface area contributed by atoms with Crippen LogP contribution in [0.5, 0.6) is 5.75 Å². The van der Waals surface area contributed by atoms with Crippen molar-refractivity contribution in [2.75, 3.05) is 33.8 Å². The SMILES string of the molecule is C=CCN1CC[C@@]2(c3cccc(OC)c3)C[C@H](N(C)C(=O)c3ccc4ccccc4c3)CC[C@]2(O)C1. The van der Waals surface area contributed by atoms with Gasteiger partial charge >= 0.3 is 0 Å². The second-order valence-electron chi connectivity index (χ2n) is 10.5. The zero-order valence-electron chi connectivity index (χ0n) is 21.3. The number of benzene rings is 3. The molecule has 0 spiro atoms. The highest BCUT2D eigenvalue weighted by atomic mass is 16.5. The number of likely N-dealkylation sites (tertiary alicyclic amines) is 1. The Morgan fingerprint density at radius 3 is 2.72 bits per heavy atom. The molecule has 0 radical (unpaired) electrons. The Kier molecular flexibility index (Phi) is 6.62. The lowest BCUT2D eigenvalue weighted by Crippen LogP contribution is -2.67. The van der Waals surface area contributed by atoms with Crippen molar-refractivity contribution in [3.8, 4) is 5.75 Å². The predicted octanol–water partition coefficient (Wildman–Crippen LogP) is 5.03. The van der Waals surface area contributed by atoms with Crippen LogP contribution in [0.4, 0.5) is 0 Å². The van der Waals surface area contributed by atoms with Crippen molar-refractivity contribution < 1.29 is 14.6 Å². The van der Waals surface area contributed by atoms with Gasteiger partial charge in [-0.2, -0.15) is 0 Å². The standard InChI is InChI=1S/C31H36N2O3/c1-4-17-33-18-16-30(26-10-7-11-28(20-26)36-3)21-27(14-15-31(30,35)22-33)32(2)29(34)25-13-12-23-8-5-6-9-24(23)19-25/h4-13,19-20,27,35H,1,14-18,21-22H2,2-3H3/t27-,30+,31+/m1/s1. The van der Waals surface area contributed by atoms with Gasteiger partial charge in [-0.1, -0.05) is 48.5 Å². The van der Waals surface area contributed by atoms with E-state index >= 15 is 0 Å². The number of carbonyl (C=O) groups excluding carboxylic acids is 1. The number of aliphatic hydroxyl groups is 1. The molecule has 0 aromatic heterocycles. The summed E-state index contributed by atoms with van der Waals surface area (Å²) < 4.78 is 5.55. The molecule has 5 heteroatoms. The molecule has 1 heterocycles. The van der Waals surface area contributed by atoms with E-state index in [1.54, 1.807) is 7.11 Å². The molecule has 1 aliphatic heterocycles. The molecule has 5 rings (SSSR count). The molecule has 1 saturated carbocycles. The van der Waals surface area contributed by atoms with Gasteiger partial charge < -0.3 is 14.7 Å². The Morgan fingerprint density at radius 1 is 1.14 bits per heavy atom. The molecule has 1 aliphatic carbocycles. The Labute approximate surface area is 214 Å². The minimum absolute atomic E-state index is 0.0288. The highest BCUT2D eigenvalue weighted by molar-refractivity contribution is 5.98. The maximum atomic E-state index is 13.6. The van der Waals surface area contributed by atoms with Gasteiger partial charge in [0.1, 0.15) is 5.75 Å². The van der Waals surface area contributed by atoms with E-state index in [0.29, 0.717) is 24.9 Å². The number of fused-ring (bicyclic) bond motifs is 2. The molecule has 36 heavy (non-hydrogen) atoms. The second-order valence-corrected chi connectivity index (χ2v) is 10.5. The van der Waals surface area contributed by atoms with E-state index in [-0.39, 0.29) is 11.9 Å². The van der Waals surface area contributed by atoms with Gasteiger partial charge in [-0.15, -0.1) is 6.58 Å². The van der Waals surface area contributed by atoms with E-state index in [1.807, 2.05) is 66.6 Å². The topological polar surface area (TPSA) is 53.0 Å². The van der Waals surface area contributed by atoms with Crippen LogP contribution in [0.15, 0.2) is 79.4 Å². The highest BCUT2D eigenvalue weighted by Crippen LogP contribution is 2.53. The fourth-order valence-corrected chi connectivity index (χ4v) is 6.51. The molecule has 188 valence electrons. The van der Waals surface area contributed by atoms with Gasteiger partial charge in [0.05, 0.1) is 12.7 Å². The number of nitrogens with zero attached hydrogens (tertiary/aromatic N) is 2. The molecule has 3 atom stereocenters. The monoisotopic (exact) mass is 484 g/mol. The first-order chi connectivity index (χ1) is 17.4. The molecule has 0 bridgehead atoms. The number of hydrogen-bond acceptors (Lipinski definition) is 4. The van der Waals surface area contributed by atoms with E-state index in [4.69, 9.17) is 4.74 Å². The summed E-state index contributed by atoms with van der Waals surface area (Å²) in [5.41, 5.74) is 0.455. The molecule has 5 nitrogen and oxygen atoms in total. The summed E-state index contributed by atoms with van der Waals surface area (Å²) >= 11 is 0. The summed E-state index contributed by atoms with van der Waals surface area (Å²) in [6, 6.07) is 22.2. The zero-order valence-corrected chi connectivity index (χ0v) is 21.3. The van der Waals surface area contributed by atoms with Crippen LogP contribution in [0.1, 0.15) is 41.6 Å². The second kappa shape index (κ2) is 9.72. The van der Waals surface area contributed by atoms with Gasteiger partial charge in [0.2, 0.25) is 0 Å². The van der Waals surface area contributed by atoms with E-state index in [9.17, 15) is 9.90 Å². The first-order valence-corrected chi connectivity index (χ1v) is 12.9. The van der Waals surface area contributed by atoms with Gasteiger partial charge in [-0.25, -0.2) is 0 Å². The fraction of sp³-hybridized carbons (Fsp3) is 0.387. The average molecular weight is 485 g/mol. The van der Waals surface area contributed by atoms with Gasteiger partial charge in [0, 0.05) is 37.2 Å². The fourth-order valence-electron chi connectivity index (χ4n) is 6.51. The normalized spacial score (nSPS) is 26.2. The van der Waals surface area contributed by atoms with E-state index in [1.165, 1.54) is 0 Å². The minimum Gasteiger partial charge on any atom is -0.497 e. The van der Waals surface area contributed by atoms with Crippen LogP contribution in [0.2, 0.25) is 0 Å². The average Bonchev–Trinajstić information content (AvgIpc) is 2.91. The lowest BCUT2D eigenvalue weighted by molar-refractivity contribution is -0.130. The van der Waals surface area contributed by atoms with Crippen molar-refractivity contribution in [2.45, 2.75) is 42.7 Å². The maximum Gasteiger partial charge on any atom is 0.253 e. The van der Waals surface area contributed by atoms with Crippen molar-refractivity contribution in [2.24, 2.45) is 0 Å². The van der Waals surface area contributed by atoms with Crippen molar-refractivity contribution in [3.05, 3.63) is 90.5 Å². The molecular formula is C31H36N2O3. The lowest BCUT2D eigenvalue weighted by Gasteiger charge is -2.59. The third-order valence-electron chi connectivity index (χ3n) is 8.58. The molecule has 2 fully saturated rings. The number of carbonyl (C=O) groups is 1. The van der Waals surface area contributed by atoms with Crippen LogP contribution in [-0.4, -0.2) is 66.2 Å². The summed E-state index contributed by atoms with van der Waals surface area (Å²) in [6.45, 7) is 6.14. The summed E-state index contributed by atoms with van der Waals surface area (Å²) in [5.74, 6) is 0.821. The molecule has 3 aromatic carbocycles. The number of hydrogen-bond donors (Lipinski definition) is 1. The highest BCUT2D eigenvalue weighted by Gasteiger charge is 2.58. The van der Waals surface area contributed by atoms with Gasteiger partial charge in [-0.05, 0) is 72.8 Å². The van der Waals surface area contributed by atoms with E-state index in [0.717, 1.165) is 48.0 Å². The van der Waals surface area contributed by atoms with E-state index in [2.05, 4.69) is 29.7 Å². The molecule has 1 N–H and O–H groups in total. The number of rotatable bonds is 6. The number of methoxy groups -OCH3 is 1. The Bertz CT molecular complexity index is 1270. The van der Waals surface area contributed by atoms with Crippen molar-refractivity contribution in [1.82, 2.24) is 9.80 Å². The third kappa shape index (κ3) is 4.21. The smallest absolute Gasteiger partial charge is 0.253 e. The summed E-state index contributed by atoms with van der Waals surface area (Å²) in [5, 5.41) is 14.4. The lowest BCUT2D eigenvalue weighted by atomic mass is 9.55. The quantitative estimate of drug-likeness (QED) is 0.499. The maximum absolute atomic E-state index is 13.6. The van der Waals surface area contributed by atoms with Crippen LogP contribution < -0.4 is 4.74 Å². The van der Waals surface area contributed by atoms with Gasteiger partial charge in [0.15, 0.2) is 0 Å². The molecule has 1 saturated heterocycles. The largest absolute Gasteiger partial charge is 0.497 e. The van der Waals surface area contributed by atoms with Crippen LogP contribution in [0.3, 0.4) is 0 Å². The van der Waals surface area contributed by atoms with Crippen molar-refractivity contribution in [3.63, 3.8) is 0 Å². The summed E-state index contributed by atoms with van der Waals surface area (Å²) in [4.78, 5) is 17.8. The summed E-state index contributed by atoms with van der Waals surface area (Å²) in [6.07, 6.45) is 4.84. The number of β-amino-alcohol motifs (C(OH)–C–C–N with tert-alkyl or cyclic N) is 1. The molecule has 2 aliphatic rings. The minimum atomic E-state index is -0.885. The number of amides is 1. The Morgan fingerprint density at radius 2 is 1.94 bits per heavy atom. The molecule has 1 amide bonds. The number of piperidine rings is 1. The Hall–Kier alpha value is -3.15. The van der Waals surface area contributed by atoms with Crippen LogP contribution >= 0.6 is 0 Å². The van der Waals surface area contributed by atoms with Gasteiger partial charge in [-0.3, -0.25) is 9.69 Å². The molecular weight excluding hydrogens is 448 g/mol. The Balaban J connectivity index is 1.47. The van der Waals surface area contributed by atoms with Crippen LogP contribution in [0.25, 0.3) is 10.8 Å². The number of ether oxygens (including phenoxy) is 1. The predicted molar refractivity (Wildman–Crippen MR) is 145 cm³/mol. The third-order valence-corrected chi connectivity index (χ3v) is 8.58. The van der Waals surface area contributed by atoms with Crippen molar-refractivity contribution in [1.29, 1.82) is 0 Å². The van der Waals surface area contributed by atoms with Crippen LogP contribution in [-0.2, 0) is 5.41 Å².